The van der Waals surface area contributed by atoms with Gasteiger partial charge in [-0.25, -0.2) is 9.07 Å². The van der Waals surface area contributed by atoms with E-state index in [0.29, 0.717) is 28.0 Å². The van der Waals surface area contributed by atoms with Crippen LogP contribution in [0, 0.1) is 12.7 Å². The van der Waals surface area contributed by atoms with E-state index in [-0.39, 0.29) is 17.2 Å². The van der Waals surface area contributed by atoms with Crippen molar-refractivity contribution in [2.24, 2.45) is 0 Å². The molecule has 0 aliphatic carbocycles. The molecular formula is C23H17FN6O3. The lowest BCUT2D eigenvalue weighted by atomic mass is 10.2. The Kier molecular flexibility index (Phi) is 4.94. The van der Waals surface area contributed by atoms with Crippen molar-refractivity contribution in [1.82, 2.24) is 19.7 Å². The summed E-state index contributed by atoms with van der Waals surface area (Å²) in [6.45, 7) is 1.64. The maximum absolute atomic E-state index is 14.3. The summed E-state index contributed by atoms with van der Waals surface area (Å²) >= 11 is 0. The standard InChI is InChI=1S/C23H17FN6O3/c1-13-16(9-10-33-13)21(31)27-19-11-14(7-8-18(19)24)26-23-28-20-17(22(32)29-23)12-25-30(20)15-5-3-2-4-6-15/h2-12H,1H3,(H,27,31)(H2,26,28,29,32). The highest BCUT2D eigenvalue weighted by molar-refractivity contribution is 6.05. The zero-order valence-corrected chi connectivity index (χ0v) is 17.3. The number of carbonyl (C=O) groups excluding carboxylic acids is 1. The average Bonchev–Trinajstić information content (AvgIpc) is 3.43. The largest absolute Gasteiger partial charge is 0.469 e. The van der Waals surface area contributed by atoms with Gasteiger partial charge in [0, 0.05) is 5.69 Å². The molecule has 0 atom stereocenters. The van der Waals surface area contributed by atoms with Gasteiger partial charge in [0.15, 0.2) is 5.65 Å². The molecule has 0 aliphatic heterocycles. The van der Waals surface area contributed by atoms with Gasteiger partial charge in [-0.1, -0.05) is 18.2 Å². The summed E-state index contributed by atoms with van der Waals surface area (Å²) in [5.74, 6) is -0.557. The van der Waals surface area contributed by atoms with Gasteiger partial charge < -0.3 is 15.1 Å². The molecule has 164 valence electrons. The summed E-state index contributed by atoms with van der Waals surface area (Å²) in [6, 6.07) is 14.9. The summed E-state index contributed by atoms with van der Waals surface area (Å²) in [4.78, 5) is 32.1. The van der Waals surface area contributed by atoms with E-state index >= 15 is 0 Å². The first-order chi connectivity index (χ1) is 16.0. The zero-order chi connectivity index (χ0) is 22.9. The fourth-order valence-electron chi connectivity index (χ4n) is 3.38. The minimum Gasteiger partial charge on any atom is -0.469 e. The van der Waals surface area contributed by atoms with E-state index in [9.17, 15) is 14.0 Å². The number of benzene rings is 2. The second kappa shape index (κ2) is 8.08. The van der Waals surface area contributed by atoms with E-state index in [1.807, 2.05) is 30.3 Å². The van der Waals surface area contributed by atoms with Gasteiger partial charge in [0.25, 0.3) is 11.5 Å². The maximum atomic E-state index is 14.3. The van der Waals surface area contributed by atoms with E-state index in [4.69, 9.17) is 4.42 Å². The van der Waals surface area contributed by atoms with Crippen LogP contribution in [0.1, 0.15) is 16.1 Å². The van der Waals surface area contributed by atoms with Gasteiger partial charge in [-0.05, 0) is 43.3 Å². The highest BCUT2D eigenvalue weighted by Gasteiger charge is 2.15. The molecule has 0 bridgehead atoms. The lowest BCUT2D eigenvalue weighted by molar-refractivity contribution is 0.102. The Morgan fingerprint density at radius 3 is 2.73 bits per heavy atom. The molecule has 0 fully saturated rings. The van der Waals surface area contributed by atoms with Crippen LogP contribution in [-0.2, 0) is 0 Å². The molecule has 3 aromatic heterocycles. The van der Waals surface area contributed by atoms with Crippen molar-refractivity contribution >= 4 is 34.3 Å². The molecule has 3 N–H and O–H groups in total. The number of fused-ring (bicyclic) bond motifs is 1. The molecular weight excluding hydrogens is 427 g/mol. The lowest BCUT2D eigenvalue weighted by Crippen LogP contribution is -2.14. The van der Waals surface area contributed by atoms with Crippen molar-refractivity contribution < 1.29 is 13.6 Å². The van der Waals surface area contributed by atoms with Crippen molar-refractivity contribution in [2.45, 2.75) is 6.92 Å². The number of furan rings is 1. The summed E-state index contributed by atoms with van der Waals surface area (Å²) < 4.78 is 21.0. The fraction of sp³-hybridized carbons (Fsp3) is 0.0435. The van der Waals surface area contributed by atoms with Crippen LogP contribution >= 0.6 is 0 Å². The first-order valence-corrected chi connectivity index (χ1v) is 9.95. The Morgan fingerprint density at radius 2 is 1.97 bits per heavy atom. The molecule has 0 aliphatic rings. The van der Waals surface area contributed by atoms with Crippen molar-refractivity contribution in [3.8, 4) is 5.69 Å². The van der Waals surface area contributed by atoms with Gasteiger partial charge in [-0.15, -0.1) is 0 Å². The Bertz CT molecular complexity index is 1540. The second-order valence-electron chi connectivity index (χ2n) is 7.21. The van der Waals surface area contributed by atoms with Crippen LogP contribution in [-0.4, -0.2) is 25.7 Å². The van der Waals surface area contributed by atoms with Gasteiger partial charge in [-0.3, -0.25) is 14.6 Å². The minimum atomic E-state index is -0.617. The third kappa shape index (κ3) is 3.85. The first kappa shape index (κ1) is 20.2. The van der Waals surface area contributed by atoms with E-state index in [2.05, 4.69) is 25.7 Å². The summed E-state index contributed by atoms with van der Waals surface area (Å²) in [5, 5.41) is 10.1. The van der Waals surface area contributed by atoms with Crippen LogP contribution in [0.5, 0.6) is 0 Å². The number of aromatic amines is 1. The van der Waals surface area contributed by atoms with Crippen LogP contribution in [0.3, 0.4) is 0 Å². The fourth-order valence-corrected chi connectivity index (χ4v) is 3.38. The molecule has 0 saturated heterocycles. The second-order valence-corrected chi connectivity index (χ2v) is 7.21. The minimum absolute atomic E-state index is 0.0386. The number of rotatable bonds is 5. The van der Waals surface area contributed by atoms with Gasteiger partial charge >= 0.3 is 0 Å². The molecule has 0 spiro atoms. The topological polar surface area (TPSA) is 118 Å². The number of aryl methyl sites for hydroxylation is 1. The lowest BCUT2D eigenvalue weighted by Gasteiger charge is -2.10. The van der Waals surface area contributed by atoms with Crippen molar-refractivity contribution in [1.29, 1.82) is 0 Å². The molecule has 9 nitrogen and oxygen atoms in total. The third-order valence-corrected chi connectivity index (χ3v) is 5.02. The number of halogens is 1. The number of nitrogens with one attached hydrogen (secondary N) is 3. The predicted octanol–water partition coefficient (Wildman–Crippen LogP) is 4.15. The number of hydrogen-bond acceptors (Lipinski definition) is 6. The number of para-hydroxylation sites is 1. The van der Waals surface area contributed by atoms with E-state index in [1.54, 1.807) is 11.6 Å². The Hall–Kier alpha value is -4.73. The van der Waals surface area contributed by atoms with Gasteiger partial charge in [0.05, 0.1) is 29.4 Å². The van der Waals surface area contributed by atoms with E-state index in [1.165, 1.54) is 36.7 Å². The molecule has 3 heterocycles. The SMILES string of the molecule is Cc1occc1C(=O)Nc1cc(Nc2nc3c(cnn3-c3ccccc3)c(=O)[nH]2)ccc1F. The molecule has 0 radical (unpaired) electrons. The van der Waals surface area contributed by atoms with Crippen molar-refractivity contribution in [2.75, 3.05) is 10.6 Å². The van der Waals surface area contributed by atoms with Gasteiger partial charge in [0.2, 0.25) is 5.95 Å². The molecule has 10 heteroatoms. The Labute approximate surface area is 185 Å². The first-order valence-electron chi connectivity index (χ1n) is 9.95. The molecule has 1 amide bonds. The maximum Gasteiger partial charge on any atom is 0.263 e. The average molecular weight is 444 g/mol. The van der Waals surface area contributed by atoms with Gasteiger partial charge in [0.1, 0.15) is 17.0 Å². The molecule has 0 unspecified atom stereocenters. The van der Waals surface area contributed by atoms with E-state index < -0.39 is 11.7 Å². The Balaban J connectivity index is 1.46. The molecule has 33 heavy (non-hydrogen) atoms. The summed E-state index contributed by atoms with van der Waals surface area (Å²) in [7, 11) is 0. The molecule has 5 aromatic rings. The number of nitrogens with zero attached hydrogens (tertiary/aromatic N) is 3. The van der Waals surface area contributed by atoms with Crippen LogP contribution in [0.2, 0.25) is 0 Å². The normalized spacial score (nSPS) is 11.0. The van der Waals surface area contributed by atoms with Crippen LogP contribution in [0.25, 0.3) is 16.7 Å². The number of amides is 1. The highest BCUT2D eigenvalue weighted by atomic mass is 19.1. The number of H-pyrrole nitrogens is 1. The summed E-state index contributed by atoms with van der Waals surface area (Å²) in [6.07, 6.45) is 2.83. The number of aromatic nitrogens is 4. The van der Waals surface area contributed by atoms with Crippen LogP contribution in [0.4, 0.5) is 21.7 Å². The quantitative estimate of drug-likeness (QED) is 0.375. The van der Waals surface area contributed by atoms with Crippen molar-refractivity contribution in [3.63, 3.8) is 0 Å². The van der Waals surface area contributed by atoms with Crippen molar-refractivity contribution in [3.05, 3.63) is 94.6 Å². The molecule has 2 aromatic carbocycles. The highest BCUT2D eigenvalue weighted by Crippen LogP contribution is 2.23. The van der Waals surface area contributed by atoms with Crippen LogP contribution < -0.4 is 16.2 Å². The molecule has 5 rings (SSSR count). The van der Waals surface area contributed by atoms with E-state index in [0.717, 1.165) is 5.69 Å². The van der Waals surface area contributed by atoms with Gasteiger partial charge in [-0.2, -0.15) is 10.1 Å². The Morgan fingerprint density at radius 1 is 1.15 bits per heavy atom. The molecule has 0 saturated carbocycles. The zero-order valence-electron chi connectivity index (χ0n) is 17.3. The smallest absolute Gasteiger partial charge is 0.263 e. The van der Waals surface area contributed by atoms with Crippen LogP contribution in [0.15, 0.2) is 76.3 Å². The monoisotopic (exact) mass is 444 g/mol. The number of anilines is 3. The third-order valence-electron chi connectivity index (χ3n) is 5.02. The number of carbonyl (C=O) groups is 1. The summed E-state index contributed by atoms with van der Waals surface area (Å²) in [5.41, 5.74) is 1.40. The number of hydrogen-bond donors (Lipinski definition) is 3. The predicted molar refractivity (Wildman–Crippen MR) is 121 cm³/mol.